The Morgan fingerprint density at radius 2 is 2.13 bits per heavy atom. The van der Waals surface area contributed by atoms with E-state index in [1.807, 2.05) is 25.6 Å². The second-order valence-electron chi connectivity index (χ2n) is 6.48. The van der Waals surface area contributed by atoms with Gasteiger partial charge < -0.3 is 11.1 Å². The Morgan fingerprint density at radius 3 is 2.70 bits per heavy atom. The smallest absolute Gasteiger partial charge is 0.269 e. The molecule has 23 heavy (non-hydrogen) atoms. The quantitative estimate of drug-likeness (QED) is 0.794. The fourth-order valence-corrected chi connectivity index (χ4v) is 3.45. The van der Waals surface area contributed by atoms with E-state index in [0.717, 1.165) is 48.3 Å². The molecule has 2 aromatic heterocycles. The summed E-state index contributed by atoms with van der Waals surface area (Å²) >= 11 is 0. The molecule has 1 aliphatic rings. The third kappa shape index (κ3) is 2.76. The molecule has 1 fully saturated rings. The summed E-state index contributed by atoms with van der Waals surface area (Å²) < 4.78 is 1.82. The molecule has 7 nitrogen and oxygen atoms in total. The van der Waals surface area contributed by atoms with E-state index in [0.29, 0.717) is 12.2 Å². The zero-order chi connectivity index (χ0) is 16.6. The lowest BCUT2D eigenvalue weighted by atomic mass is 9.97. The van der Waals surface area contributed by atoms with E-state index in [1.165, 1.54) is 0 Å². The van der Waals surface area contributed by atoms with Gasteiger partial charge >= 0.3 is 0 Å². The van der Waals surface area contributed by atoms with Gasteiger partial charge in [-0.25, -0.2) is 0 Å². The van der Waals surface area contributed by atoms with Crippen LogP contribution in [0.15, 0.2) is 6.07 Å². The predicted octanol–water partition coefficient (Wildman–Crippen LogP) is 1.43. The van der Waals surface area contributed by atoms with Crippen molar-refractivity contribution in [1.82, 2.24) is 25.3 Å². The molecular formula is C16H24N6O. The Morgan fingerprint density at radius 1 is 1.43 bits per heavy atom. The highest BCUT2D eigenvalue weighted by Gasteiger charge is 2.34. The summed E-state index contributed by atoms with van der Waals surface area (Å²) in [6.45, 7) is 4.41. The maximum absolute atomic E-state index is 12.5. The van der Waals surface area contributed by atoms with E-state index in [4.69, 9.17) is 5.73 Å². The van der Waals surface area contributed by atoms with E-state index in [9.17, 15) is 4.79 Å². The molecule has 0 aromatic carbocycles. The van der Waals surface area contributed by atoms with Gasteiger partial charge in [-0.15, -0.1) is 0 Å². The lowest BCUT2D eigenvalue weighted by molar-refractivity contribution is 0.0898. The molecule has 0 saturated heterocycles. The standard InChI is InChI=1S/C16H24N6O/c1-10-14(11(2)22(3)21-10)12-8-13(20-19-12)15(23)18-16(9-17)6-4-5-7-16/h8H,4-7,9,17H2,1-3H3,(H,18,23)(H,19,20). The zero-order valence-corrected chi connectivity index (χ0v) is 13.9. The molecule has 3 rings (SSSR count). The van der Waals surface area contributed by atoms with E-state index in [2.05, 4.69) is 20.6 Å². The number of aromatic amines is 1. The lowest BCUT2D eigenvalue weighted by Gasteiger charge is -2.28. The van der Waals surface area contributed by atoms with Gasteiger partial charge in [0.15, 0.2) is 0 Å². The maximum Gasteiger partial charge on any atom is 0.269 e. The number of carbonyl (C=O) groups is 1. The number of nitrogens with two attached hydrogens (primary N) is 1. The van der Waals surface area contributed by atoms with Crippen molar-refractivity contribution in [3.05, 3.63) is 23.1 Å². The first-order valence-corrected chi connectivity index (χ1v) is 8.04. The third-order valence-corrected chi connectivity index (χ3v) is 4.92. The molecule has 1 aliphatic carbocycles. The highest BCUT2D eigenvalue weighted by atomic mass is 16.2. The topological polar surface area (TPSA) is 102 Å². The van der Waals surface area contributed by atoms with Gasteiger partial charge in [-0.2, -0.15) is 10.2 Å². The van der Waals surface area contributed by atoms with Gasteiger partial charge in [-0.3, -0.25) is 14.6 Å². The lowest BCUT2D eigenvalue weighted by Crippen LogP contribution is -2.51. The van der Waals surface area contributed by atoms with Gasteiger partial charge in [0.1, 0.15) is 5.69 Å². The van der Waals surface area contributed by atoms with Crippen molar-refractivity contribution in [2.24, 2.45) is 12.8 Å². The molecule has 124 valence electrons. The number of rotatable bonds is 4. The predicted molar refractivity (Wildman–Crippen MR) is 88.0 cm³/mol. The molecule has 1 saturated carbocycles. The molecule has 4 N–H and O–H groups in total. The van der Waals surface area contributed by atoms with Crippen LogP contribution in [0.2, 0.25) is 0 Å². The average molecular weight is 316 g/mol. The normalized spacial score (nSPS) is 16.7. The summed E-state index contributed by atoms with van der Waals surface area (Å²) in [6.07, 6.45) is 4.10. The molecule has 0 unspecified atom stereocenters. The summed E-state index contributed by atoms with van der Waals surface area (Å²) in [4.78, 5) is 12.5. The first-order valence-electron chi connectivity index (χ1n) is 8.04. The molecular weight excluding hydrogens is 292 g/mol. The summed E-state index contributed by atoms with van der Waals surface area (Å²) in [5, 5.41) is 14.6. The maximum atomic E-state index is 12.5. The second-order valence-corrected chi connectivity index (χ2v) is 6.48. The Kier molecular flexibility index (Phi) is 3.97. The minimum atomic E-state index is -0.261. The van der Waals surface area contributed by atoms with Crippen molar-refractivity contribution in [2.75, 3.05) is 6.54 Å². The van der Waals surface area contributed by atoms with E-state index < -0.39 is 0 Å². The van der Waals surface area contributed by atoms with Crippen LogP contribution in [0.1, 0.15) is 47.6 Å². The summed E-state index contributed by atoms with van der Waals surface area (Å²) in [7, 11) is 1.90. The van der Waals surface area contributed by atoms with Crippen LogP contribution in [0, 0.1) is 13.8 Å². The van der Waals surface area contributed by atoms with Gasteiger partial charge in [0.25, 0.3) is 5.91 Å². The molecule has 0 bridgehead atoms. The van der Waals surface area contributed by atoms with Crippen molar-refractivity contribution < 1.29 is 4.79 Å². The largest absolute Gasteiger partial charge is 0.344 e. The summed E-state index contributed by atoms with van der Waals surface area (Å²) in [5.74, 6) is -0.143. The van der Waals surface area contributed by atoms with Crippen LogP contribution >= 0.6 is 0 Å². The van der Waals surface area contributed by atoms with Crippen LogP contribution in [-0.4, -0.2) is 38.0 Å². The second kappa shape index (κ2) is 5.81. The fourth-order valence-electron chi connectivity index (χ4n) is 3.45. The zero-order valence-electron chi connectivity index (χ0n) is 13.9. The first kappa shape index (κ1) is 15.7. The van der Waals surface area contributed by atoms with Gasteiger partial charge in [0.2, 0.25) is 0 Å². The van der Waals surface area contributed by atoms with Gasteiger partial charge in [0, 0.05) is 24.8 Å². The van der Waals surface area contributed by atoms with Crippen LogP contribution < -0.4 is 11.1 Å². The monoisotopic (exact) mass is 316 g/mol. The first-order chi connectivity index (χ1) is 11.0. The molecule has 2 heterocycles. The Balaban J connectivity index is 1.83. The molecule has 1 amide bonds. The Hall–Kier alpha value is -2.15. The summed E-state index contributed by atoms with van der Waals surface area (Å²) in [5.41, 5.74) is 9.72. The van der Waals surface area contributed by atoms with E-state index in [-0.39, 0.29) is 11.4 Å². The van der Waals surface area contributed by atoms with Gasteiger partial charge in [0.05, 0.1) is 16.9 Å². The van der Waals surface area contributed by atoms with Crippen LogP contribution in [0.25, 0.3) is 11.3 Å². The highest BCUT2D eigenvalue weighted by Crippen LogP contribution is 2.29. The number of amides is 1. The average Bonchev–Trinajstić information content (AvgIpc) is 3.21. The van der Waals surface area contributed by atoms with Crippen molar-refractivity contribution in [3.8, 4) is 11.3 Å². The van der Waals surface area contributed by atoms with Crippen molar-refractivity contribution in [3.63, 3.8) is 0 Å². The number of H-pyrrole nitrogens is 1. The van der Waals surface area contributed by atoms with Crippen LogP contribution in [0.5, 0.6) is 0 Å². The van der Waals surface area contributed by atoms with Crippen molar-refractivity contribution >= 4 is 5.91 Å². The molecule has 0 atom stereocenters. The van der Waals surface area contributed by atoms with Crippen LogP contribution in [0.4, 0.5) is 0 Å². The van der Waals surface area contributed by atoms with Crippen LogP contribution in [0.3, 0.4) is 0 Å². The highest BCUT2D eigenvalue weighted by molar-refractivity contribution is 5.94. The molecule has 0 radical (unpaired) electrons. The molecule has 7 heteroatoms. The molecule has 0 aliphatic heterocycles. The molecule has 2 aromatic rings. The third-order valence-electron chi connectivity index (χ3n) is 4.92. The molecule has 0 spiro atoms. The Bertz CT molecular complexity index is 723. The fraction of sp³-hybridized carbons (Fsp3) is 0.562. The number of nitrogens with zero attached hydrogens (tertiary/aromatic N) is 3. The van der Waals surface area contributed by atoms with Crippen molar-refractivity contribution in [1.29, 1.82) is 0 Å². The van der Waals surface area contributed by atoms with Gasteiger partial charge in [-0.05, 0) is 32.8 Å². The number of aromatic nitrogens is 4. The minimum Gasteiger partial charge on any atom is -0.344 e. The Labute approximate surface area is 135 Å². The van der Waals surface area contributed by atoms with Crippen molar-refractivity contribution in [2.45, 2.75) is 45.1 Å². The number of nitrogens with one attached hydrogen (secondary N) is 2. The minimum absolute atomic E-state index is 0.143. The number of hydrogen-bond acceptors (Lipinski definition) is 4. The van der Waals surface area contributed by atoms with Crippen LogP contribution in [-0.2, 0) is 7.05 Å². The van der Waals surface area contributed by atoms with E-state index >= 15 is 0 Å². The SMILES string of the molecule is Cc1nn(C)c(C)c1-c1cc(C(=O)NC2(CN)CCCC2)[nH]n1. The number of aryl methyl sites for hydroxylation is 2. The summed E-state index contributed by atoms with van der Waals surface area (Å²) in [6, 6.07) is 1.78. The van der Waals surface area contributed by atoms with E-state index in [1.54, 1.807) is 6.07 Å². The number of hydrogen-bond donors (Lipinski definition) is 3. The number of carbonyl (C=O) groups excluding carboxylic acids is 1. The van der Waals surface area contributed by atoms with Gasteiger partial charge in [-0.1, -0.05) is 12.8 Å².